The van der Waals surface area contributed by atoms with Gasteiger partial charge in [-0.2, -0.15) is 0 Å². The number of rotatable bonds is 3. The van der Waals surface area contributed by atoms with E-state index in [2.05, 4.69) is 0 Å². The van der Waals surface area contributed by atoms with Crippen molar-refractivity contribution < 1.29 is 9.72 Å². The van der Waals surface area contributed by atoms with Crippen molar-refractivity contribution in [2.75, 3.05) is 0 Å². The van der Waals surface area contributed by atoms with Gasteiger partial charge in [-0.15, -0.1) is 0 Å². The number of benzene rings is 1. The lowest BCUT2D eigenvalue weighted by Gasteiger charge is -2.30. The lowest BCUT2D eigenvalue weighted by molar-refractivity contribution is -0.384. The standard InChI is InChI=1S/C20H21Cl3N2O3/c1-11-5-6-13(25(27)28)7-15(11)24-12(2)14(8-20(21,22)23)18-16(24)9-19(3,4)10-17(18)26/h5-7H,8-10H2,1-4H3. The minimum Gasteiger partial charge on any atom is -0.317 e. The first-order valence-corrected chi connectivity index (χ1v) is 10.0. The number of halogens is 3. The summed E-state index contributed by atoms with van der Waals surface area (Å²) in [6.45, 7) is 7.82. The van der Waals surface area contributed by atoms with Crippen molar-refractivity contribution in [1.29, 1.82) is 0 Å². The van der Waals surface area contributed by atoms with E-state index in [1.807, 2.05) is 32.3 Å². The lowest BCUT2D eigenvalue weighted by atomic mass is 9.75. The van der Waals surface area contributed by atoms with Crippen molar-refractivity contribution in [2.24, 2.45) is 5.41 Å². The molecule has 0 atom stereocenters. The Balaban J connectivity index is 2.34. The predicted molar refractivity (Wildman–Crippen MR) is 112 cm³/mol. The van der Waals surface area contributed by atoms with Gasteiger partial charge >= 0.3 is 0 Å². The first-order chi connectivity index (χ1) is 12.8. The van der Waals surface area contributed by atoms with Gasteiger partial charge in [-0.3, -0.25) is 14.9 Å². The second-order valence-corrected chi connectivity index (χ2v) is 10.7. The van der Waals surface area contributed by atoms with Gasteiger partial charge in [-0.25, -0.2) is 0 Å². The van der Waals surface area contributed by atoms with Crippen molar-refractivity contribution in [1.82, 2.24) is 4.57 Å². The first-order valence-electron chi connectivity index (χ1n) is 8.89. The zero-order chi connectivity index (χ0) is 21.0. The fourth-order valence-corrected chi connectivity index (χ4v) is 4.44. The number of carbonyl (C=O) groups excluding carboxylic acids is 1. The number of fused-ring (bicyclic) bond motifs is 1. The second kappa shape index (κ2) is 7.05. The number of non-ortho nitro benzene ring substituents is 1. The van der Waals surface area contributed by atoms with Gasteiger partial charge in [0.05, 0.1) is 10.6 Å². The molecule has 1 aliphatic rings. The van der Waals surface area contributed by atoms with Crippen molar-refractivity contribution >= 4 is 46.3 Å². The summed E-state index contributed by atoms with van der Waals surface area (Å²) in [4.78, 5) is 23.9. The van der Waals surface area contributed by atoms with E-state index >= 15 is 0 Å². The van der Waals surface area contributed by atoms with Gasteiger partial charge in [0.25, 0.3) is 5.69 Å². The number of nitrogens with zero attached hydrogens (tertiary/aromatic N) is 2. The van der Waals surface area contributed by atoms with E-state index in [9.17, 15) is 14.9 Å². The molecule has 0 fully saturated rings. The van der Waals surface area contributed by atoms with Gasteiger partial charge in [0.1, 0.15) is 0 Å². The van der Waals surface area contributed by atoms with Crippen LogP contribution >= 0.6 is 34.8 Å². The van der Waals surface area contributed by atoms with Crippen molar-refractivity contribution in [3.63, 3.8) is 0 Å². The lowest BCUT2D eigenvalue weighted by Crippen LogP contribution is -2.28. The molecule has 0 aliphatic heterocycles. The fraction of sp³-hybridized carbons (Fsp3) is 0.450. The molecule has 0 bridgehead atoms. The van der Waals surface area contributed by atoms with Crippen LogP contribution in [0.5, 0.6) is 0 Å². The summed E-state index contributed by atoms with van der Waals surface area (Å²) >= 11 is 18.2. The second-order valence-electron chi connectivity index (χ2n) is 8.18. The normalized spacial score (nSPS) is 16.2. The smallest absolute Gasteiger partial charge is 0.271 e. The average molecular weight is 444 g/mol. The topological polar surface area (TPSA) is 65.1 Å². The van der Waals surface area contributed by atoms with Crippen molar-refractivity contribution in [3.8, 4) is 5.69 Å². The van der Waals surface area contributed by atoms with Crippen LogP contribution in [0.1, 0.15) is 53.1 Å². The van der Waals surface area contributed by atoms with Crippen LogP contribution < -0.4 is 0 Å². The molecule has 28 heavy (non-hydrogen) atoms. The van der Waals surface area contributed by atoms with Crippen LogP contribution in [-0.4, -0.2) is 19.1 Å². The van der Waals surface area contributed by atoms with Crippen molar-refractivity contribution in [2.45, 2.75) is 50.7 Å². The Kier molecular flexibility index (Phi) is 5.32. The van der Waals surface area contributed by atoms with Gasteiger partial charge in [0.15, 0.2) is 9.58 Å². The summed E-state index contributed by atoms with van der Waals surface area (Å²) in [6.07, 6.45) is 1.15. The molecule has 150 valence electrons. The number of hydrogen-bond donors (Lipinski definition) is 0. The van der Waals surface area contributed by atoms with Crippen LogP contribution in [0.4, 0.5) is 5.69 Å². The van der Waals surface area contributed by atoms with E-state index in [-0.39, 0.29) is 23.3 Å². The van der Waals surface area contributed by atoms with Crippen LogP contribution in [0.2, 0.25) is 0 Å². The maximum absolute atomic E-state index is 13.0. The molecule has 5 nitrogen and oxygen atoms in total. The Bertz CT molecular complexity index is 988. The summed E-state index contributed by atoms with van der Waals surface area (Å²) < 4.78 is 0.387. The Morgan fingerprint density at radius 1 is 1.21 bits per heavy atom. The molecule has 1 aromatic carbocycles. The average Bonchev–Trinajstić information content (AvgIpc) is 2.77. The number of alkyl halides is 3. The third-order valence-electron chi connectivity index (χ3n) is 5.22. The van der Waals surface area contributed by atoms with Gasteiger partial charge in [-0.1, -0.05) is 54.7 Å². The van der Waals surface area contributed by atoms with Crippen LogP contribution in [0.3, 0.4) is 0 Å². The highest BCUT2D eigenvalue weighted by molar-refractivity contribution is 6.67. The molecule has 0 saturated heterocycles. The van der Waals surface area contributed by atoms with Crippen LogP contribution in [0, 0.1) is 29.4 Å². The number of aromatic nitrogens is 1. The number of hydrogen-bond acceptors (Lipinski definition) is 3. The Labute approximate surface area is 178 Å². The monoisotopic (exact) mass is 442 g/mol. The quantitative estimate of drug-likeness (QED) is 0.328. The molecule has 0 amide bonds. The van der Waals surface area contributed by atoms with Gasteiger partial charge in [0.2, 0.25) is 0 Å². The molecular weight excluding hydrogens is 423 g/mol. The highest BCUT2D eigenvalue weighted by Crippen LogP contribution is 2.43. The molecule has 1 heterocycles. The molecule has 0 N–H and O–H groups in total. The number of nitro benzene ring substituents is 1. The summed E-state index contributed by atoms with van der Waals surface area (Å²) in [5.74, 6) is 0.0143. The fourth-order valence-electron chi connectivity index (χ4n) is 4.03. The van der Waals surface area contributed by atoms with E-state index in [1.165, 1.54) is 12.1 Å². The molecular formula is C20H21Cl3N2O3. The summed E-state index contributed by atoms with van der Waals surface area (Å²) in [5, 5.41) is 11.3. The molecule has 0 saturated carbocycles. The molecule has 1 aliphatic carbocycles. The number of Topliss-reactive ketones (excluding diaryl/α,β-unsaturated/α-hetero) is 1. The Morgan fingerprint density at radius 3 is 2.43 bits per heavy atom. The van der Waals surface area contributed by atoms with E-state index in [0.717, 1.165) is 17.0 Å². The van der Waals surface area contributed by atoms with Gasteiger partial charge < -0.3 is 4.57 Å². The summed E-state index contributed by atoms with van der Waals surface area (Å²) in [7, 11) is 0. The van der Waals surface area contributed by atoms with Crippen LogP contribution in [0.15, 0.2) is 18.2 Å². The SMILES string of the molecule is Cc1ccc([N+](=O)[O-])cc1-n1c(C)c(CC(Cl)(Cl)Cl)c2c1CC(C)(C)CC2=O. The largest absolute Gasteiger partial charge is 0.317 e. The Hall–Kier alpha value is -1.56. The van der Waals surface area contributed by atoms with Gasteiger partial charge in [0, 0.05) is 41.9 Å². The van der Waals surface area contributed by atoms with E-state index < -0.39 is 8.72 Å². The zero-order valence-electron chi connectivity index (χ0n) is 16.1. The third kappa shape index (κ3) is 3.93. The van der Waals surface area contributed by atoms with E-state index in [0.29, 0.717) is 29.7 Å². The molecule has 0 radical (unpaired) electrons. The van der Waals surface area contributed by atoms with E-state index in [1.54, 1.807) is 6.07 Å². The minimum absolute atomic E-state index is 0.00762. The predicted octanol–water partition coefficient (Wildman–Crippen LogP) is 6.07. The zero-order valence-corrected chi connectivity index (χ0v) is 18.4. The minimum atomic E-state index is -1.55. The number of ketones is 1. The molecule has 2 aromatic rings. The van der Waals surface area contributed by atoms with E-state index in [4.69, 9.17) is 34.8 Å². The number of aryl methyl sites for hydroxylation is 1. The van der Waals surface area contributed by atoms with Crippen molar-refractivity contribution in [3.05, 3.63) is 56.4 Å². The number of nitro groups is 1. The van der Waals surface area contributed by atoms with Gasteiger partial charge in [-0.05, 0) is 36.8 Å². The number of carbonyl (C=O) groups is 1. The summed E-state index contributed by atoms with van der Waals surface area (Å²) in [5.41, 5.74) is 4.19. The molecule has 8 heteroatoms. The maximum atomic E-state index is 13.0. The molecule has 0 unspecified atom stereocenters. The maximum Gasteiger partial charge on any atom is 0.271 e. The first kappa shape index (κ1) is 21.2. The van der Waals surface area contributed by atoms with Crippen LogP contribution in [0.25, 0.3) is 5.69 Å². The molecule has 3 rings (SSSR count). The molecule has 0 spiro atoms. The highest BCUT2D eigenvalue weighted by Gasteiger charge is 2.39. The third-order valence-corrected chi connectivity index (χ3v) is 5.62. The Morgan fingerprint density at radius 2 is 1.86 bits per heavy atom. The summed E-state index contributed by atoms with van der Waals surface area (Å²) in [6, 6.07) is 4.72. The highest BCUT2D eigenvalue weighted by atomic mass is 35.6. The van der Waals surface area contributed by atoms with Crippen LogP contribution in [-0.2, 0) is 12.8 Å². The molecule has 1 aromatic heterocycles.